The van der Waals surface area contributed by atoms with E-state index in [2.05, 4.69) is 20.6 Å². The molecular formula is C11H11ClFN5O. The maximum atomic E-state index is 13.6. The fourth-order valence-electron chi connectivity index (χ4n) is 2.01. The predicted molar refractivity (Wildman–Crippen MR) is 66.1 cm³/mol. The molecule has 1 fully saturated rings. The first-order valence-corrected chi connectivity index (χ1v) is 6.02. The third-order valence-corrected chi connectivity index (χ3v) is 3.18. The lowest BCUT2D eigenvalue weighted by Gasteiger charge is -2.27. The Morgan fingerprint density at radius 2 is 2.53 bits per heavy atom. The van der Waals surface area contributed by atoms with Crippen LogP contribution in [0.4, 0.5) is 10.2 Å². The predicted octanol–water partition coefficient (Wildman–Crippen LogP) is 0.896. The summed E-state index contributed by atoms with van der Waals surface area (Å²) in [5, 5.41) is 14.3. The van der Waals surface area contributed by atoms with Crippen LogP contribution in [0, 0.1) is 17.1 Å². The first-order chi connectivity index (χ1) is 9.07. The number of Topliss-reactive ketones (excluding diaryl/α,β-unsaturated/α-hetero) is 1. The fourth-order valence-corrected chi connectivity index (χ4v) is 2.14. The lowest BCUT2D eigenvalue weighted by Crippen LogP contribution is -2.48. The van der Waals surface area contributed by atoms with Crippen LogP contribution in [0.25, 0.3) is 0 Å². The maximum Gasteiger partial charge on any atom is 0.224 e. The molecule has 0 aliphatic carbocycles. The van der Waals surface area contributed by atoms with Crippen molar-refractivity contribution in [2.45, 2.75) is 18.4 Å². The topological polar surface area (TPSA) is 90.7 Å². The number of nitrogens with one attached hydrogen (secondary N) is 2. The van der Waals surface area contributed by atoms with Crippen molar-refractivity contribution in [1.29, 1.82) is 5.26 Å². The average Bonchev–Trinajstić information content (AvgIpc) is 2.84. The molecule has 1 aliphatic heterocycles. The van der Waals surface area contributed by atoms with Gasteiger partial charge in [0.25, 0.3) is 0 Å². The highest BCUT2D eigenvalue weighted by molar-refractivity contribution is 6.28. The minimum Gasteiger partial charge on any atom is -0.354 e. The van der Waals surface area contributed by atoms with E-state index in [1.165, 1.54) is 0 Å². The monoisotopic (exact) mass is 283 g/mol. The van der Waals surface area contributed by atoms with Gasteiger partial charge in [-0.25, -0.2) is 9.37 Å². The van der Waals surface area contributed by atoms with Gasteiger partial charge in [-0.1, -0.05) is 0 Å². The number of ketones is 1. The Hall–Kier alpha value is -1.78. The van der Waals surface area contributed by atoms with Crippen molar-refractivity contribution in [3.8, 4) is 6.07 Å². The second-order valence-corrected chi connectivity index (χ2v) is 4.57. The van der Waals surface area contributed by atoms with E-state index in [1.54, 1.807) is 0 Å². The second-order valence-electron chi connectivity index (χ2n) is 4.23. The standard InChI is InChI=1S/C11H11ClFN5O/c12-10-16-5-7(13)9(17-10)18-11(2-4-15-6-11)8(19)1-3-14/h5,15H,1-2,4,6H2,(H,16,17,18)/t11-/m1/s1. The number of hydrogen-bond donors (Lipinski definition) is 2. The van der Waals surface area contributed by atoms with Crippen molar-refractivity contribution in [2.75, 3.05) is 18.4 Å². The smallest absolute Gasteiger partial charge is 0.224 e. The van der Waals surface area contributed by atoms with Gasteiger partial charge in [-0.05, 0) is 24.6 Å². The molecule has 0 amide bonds. The number of carbonyl (C=O) groups excluding carboxylic acids is 1. The first kappa shape index (κ1) is 13.6. The molecule has 1 atom stereocenters. The summed E-state index contributed by atoms with van der Waals surface area (Å²) >= 11 is 5.61. The number of aromatic nitrogens is 2. The van der Waals surface area contributed by atoms with Crippen molar-refractivity contribution >= 4 is 23.2 Å². The molecule has 19 heavy (non-hydrogen) atoms. The molecule has 0 unspecified atom stereocenters. The van der Waals surface area contributed by atoms with E-state index in [4.69, 9.17) is 16.9 Å². The summed E-state index contributed by atoms with van der Waals surface area (Å²) in [6.45, 7) is 0.916. The van der Waals surface area contributed by atoms with Crippen LogP contribution < -0.4 is 10.6 Å². The zero-order chi connectivity index (χ0) is 13.9. The number of halogens is 2. The van der Waals surface area contributed by atoms with Crippen LogP contribution in [0.1, 0.15) is 12.8 Å². The van der Waals surface area contributed by atoms with Gasteiger partial charge in [0.05, 0.1) is 18.7 Å². The second kappa shape index (κ2) is 5.47. The van der Waals surface area contributed by atoms with Crippen LogP contribution in [0.5, 0.6) is 0 Å². The van der Waals surface area contributed by atoms with Crippen LogP contribution in [0.15, 0.2) is 6.20 Å². The van der Waals surface area contributed by atoms with Gasteiger partial charge in [-0.15, -0.1) is 0 Å². The molecule has 1 aliphatic rings. The molecule has 1 aromatic rings. The van der Waals surface area contributed by atoms with Gasteiger partial charge < -0.3 is 10.6 Å². The maximum absolute atomic E-state index is 13.6. The van der Waals surface area contributed by atoms with Gasteiger partial charge >= 0.3 is 0 Å². The van der Waals surface area contributed by atoms with Crippen molar-refractivity contribution in [2.24, 2.45) is 0 Å². The molecule has 0 bridgehead atoms. The van der Waals surface area contributed by atoms with Gasteiger partial charge in [0.1, 0.15) is 5.54 Å². The molecule has 0 spiro atoms. The van der Waals surface area contributed by atoms with Gasteiger partial charge in [0.2, 0.25) is 5.28 Å². The molecule has 2 N–H and O–H groups in total. The van der Waals surface area contributed by atoms with E-state index in [0.29, 0.717) is 19.5 Å². The van der Waals surface area contributed by atoms with E-state index in [1.807, 2.05) is 6.07 Å². The molecule has 0 aromatic carbocycles. The highest BCUT2D eigenvalue weighted by Crippen LogP contribution is 2.25. The Balaban J connectivity index is 2.29. The van der Waals surface area contributed by atoms with Crippen molar-refractivity contribution in [1.82, 2.24) is 15.3 Å². The van der Waals surface area contributed by atoms with Crippen LogP contribution in [0.3, 0.4) is 0 Å². The van der Waals surface area contributed by atoms with Gasteiger partial charge in [-0.2, -0.15) is 10.2 Å². The lowest BCUT2D eigenvalue weighted by molar-refractivity contribution is -0.121. The molecule has 1 saturated heterocycles. The van der Waals surface area contributed by atoms with Crippen LogP contribution in [0.2, 0.25) is 5.28 Å². The van der Waals surface area contributed by atoms with Gasteiger partial charge in [0, 0.05) is 6.54 Å². The molecule has 100 valence electrons. The van der Waals surface area contributed by atoms with E-state index in [9.17, 15) is 9.18 Å². The Morgan fingerprint density at radius 1 is 1.74 bits per heavy atom. The third-order valence-electron chi connectivity index (χ3n) is 3.00. The molecule has 0 saturated carbocycles. The normalized spacial score (nSPS) is 21.9. The summed E-state index contributed by atoms with van der Waals surface area (Å²) in [7, 11) is 0. The summed E-state index contributed by atoms with van der Waals surface area (Å²) in [6, 6.07) is 1.81. The lowest BCUT2D eigenvalue weighted by atomic mass is 9.91. The van der Waals surface area contributed by atoms with E-state index in [0.717, 1.165) is 6.20 Å². The fraction of sp³-hybridized carbons (Fsp3) is 0.455. The Morgan fingerprint density at radius 3 is 3.16 bits per heavy atom. The Bertz CT molecular complexity index is 538. The van der Waals surface area contributed by atoms with E-state index in [-0.39, 0.29) is 23.3 Å². The summed E-state index contributed by atoms with van der Waals surface area (Å²) in [5.74, 6) is -1.12. The zero-order valence-electron chi connectivity index (χ0n) is 9.91. The average molecular weight is 284 g/mol. The molecular weight excluding hydrogens is 273 g/mol. The summed E-state index contributed by atoms with van der Waals surface area (Å²) < 4.78 is 13.6. The van der Waals surface area contributed by atoms with Crippen molar-refractivity contribution in [3.05, 3.63) is 17.3 Å². The molecule has 2 heterocycles. The first-order valence-electron chi connectivity index (χ1n) is 5.64. The van der Waals surface area contributed by atoms with Crippen molar-refractivity contribution < 1.29 is 9.18 Å². The third kappa shape index (κ3) is 2.80. The highest BCUT2D eigenvalue weighted by atomic mass is 35.5. The number of nitrogens with zero attached hydrogens (tertiary/aromatic N) is 3. The largest absolute Gasteiger partial charge is 0.354 e. The number of rotatable bonds is 4. The summed E-state index contributed by atoms with van der Waals surface area (Å²) in [5.41, 5.74) is -1.02. The van der Waals surface area contributed by atoms with Crippen LogP contribution in [-0.4, -0.2) is 34.4 Å². The van der Waals surface area contributed by atoms with Gasteiger partial charge in [0.15, 0.2) is 17.4 Å². The SMILES string of the molecule is N#CCC(=O)[C@@]1(Nc2nc(Cl)ncc2F)CCNC1. The number of nitriles is 1. The Kier molecular flexibility index (Phi) is 3.93. The number of hydrogen-bond acceptors (Lipinski definition) is 6. The zero-order valence-corrected chi connectivity index (χ0v) is 10.7. The highest BCUT2D eigenvalue weighted by Gasteiger charge is 2.41. The van der Waals surface area contributed by atoms with E-state index < -0.39 is 11.4 Å². The quantitative estimate of drug-likeness (QED) is 0.798. The molecule has 2 rings (SSSR count). The number of anilines is 1. The molecule has 6 nitrogen and oxygen atoms in total. The summed E-state index contributed by atoms with van der Waals surface area (Å²) in [6.07, 6.45) is 1.15. The van der Waals surface area contributed by atoms with Crippen LogP contribution in [-0.2, 0) is 4.79 Å². The molecule has 1 aromatic heterocycles. The minimum atomic E-state index is -1.02. The summed E-state index contributed by atoms with van der Waals surface area (Å²) in [4.78, 5) is 19.3. The Labute approximate surface area is 114 Å². The van der Waals surface area contributed by atoms with Crippen LogP contribution >= 0.6 is 11.6 Å². The van der Waals surface area contributed by atoms with E-state index >= 15 is 0 Å². The number of carbonyl (C=O) groups is 1. The van der Waals surface area contributed by atoms with Crippen molar-refractivity contribution in [3.63, 3.8) is 0 Å². The van der Waals surface area contributed by atoms with Gasteiger partial charge in [-0.3, -0.25) is 4.79 Å². The molecule has 8 heteroatoms. The molecule has 0 radical (unpaired) electrons. The minimum absolute atomic E-state index is 0.113.